The van der Waals surface area contributed by atoms with Crippen molar-refractivity contribution >= 4 is 11.6 Å². The summed E-state index contributed by atoms with van der Waals surface area (Å²) in [6, 6.07) is 15.1. The number of halogens is 1. The van der Waals surface area contributed by atoms with Gasteiger partial charge in [0.1, 0.15) is 0 Å². The number of hydrogen-bond donors (Lipinski definition) is 1. The SMILES string of the molecule is Cc1ccc(C2CCC(N)c3ccccc32)cc1Cl. The number of hydrogen-bond acceptors (Lipinski definition) is 1. The molecule has 0 aliphatic heterocycles. The molecule has 2 aromatic rings. The van der Waals surface area contributed by atoms with Gasteiger partial charge < -0.3 is 5.73 Å². The van der Waals surface area contributed by atoms with E-state index in [2.05, 4.69) is 42.5 Å². The Hall–Kier alpha value is -1.31. The molecule has 0 aromatic heterocycles. The molecule has 1 aliphatic rings. The van der Waals surface area contributed by atoms with Crippen molar-refractivity contribution in [1.29, 1.82) is 0 Å². The van der Waals surface area contributed by atoms with E-state index in [1.807, 2.05) is 6.92 Å². The zero-order valence-corrected chi connectivity index (χ0v) is 11.8. The molecule has 98 valence electrons. The predicted octanol–water partition coefficient (Wildman–Crippen LogP) is 4.57. The van der Waals surface area contributed by atoms with Crippen molar-refractivity contribution in [2.75, 3.05) is 0 Å². The summed E-state index contributed by atoms with van der Waals surface area (Å²) < 4.78 is 0. The van der Waals surface area contributed by atoms with E-state index < -0.39 is 0 Å². The second kappa shape index (κ2) is 4.99. The van der Waals surface area contributed by atoms with Crippen LogP contribution in [0.4, 0.5) is 0 Å². The molecule has 0 saturated heterocycles. The van der Waals surface area contributed by atoms with Crippen LogP contribution in [0.3, 0.4) is 0 Å². The molecular formula is C17H18ClN. The van der Waals surface area contributed by atoms with Crippen molar-refractivity contribution in [2.45, 2.75) is 31.7 Å². The maximum absolute atomic E-state index is 6.26. The van der Waals surface area contributed by atoms with E-state index in [0.717, 1.165) is 23.4 Å². The molecule has 0 saturated carbocycles. The van der Waals surface area contributed by atoms with Gasteiger partial charge >= 0.3 is 0 Å². The topological polar surface area (TPSA) is 26.0 Å². The fourth-order valence-electron chi connectivity index (χ4n) is 3.00. The first kappa shape index (κ1) is 12.7. The van der Waals surface area contributed by atoms with E-state index in [1.165, 1.54) is 16.7 Å². The molecule has 3 rings (SSSR count). The fourth-order valence-corrected chi connectivity index (χ4v) is 3.18. The predicted molar refractivity (Wildman–Crippen MR) is 80.6 cm³/mol. The van der Waals surface area contributed by atoms with Crippen LogP contribution >= 0.6 is 11.6 Å². The molecule has 0 heterocycles. The standard InChI is InChI=1S/C17H18ClN/c1-11-6-7-12(10-16(11)18)13-8-9-17(19)15-5-3-2-4-14(13)15/h2-7,10,13,17H,8-9,19H2,1H3. The van der Waals surface area contributed by atoms with Gasteiger partial charge in [0.15, 0.2) is 0 Å². The lowest BCUT2D eigenvalue weighted by atomic mass is 9.77. The van der Waals surface area contributed by atoms with Gasteiger partial charge in [0.2, 0.25) is 0 Å². The lowest BCUT2D eigenvalue weighted by Gasteiger charge is -2.30. The van der Waals surface area contributed by atoms with Gasteiger partial charge in [-0.1, -0.05) is 48.0 Å². The van der Waals surface area contributed by atoms with Gasteiger partial charge in [-0.25, -0.2) is 0 Å². The third kappa shape index (κ3) is 2.29. The quantitative estimate of drug-likeness (QED) is 0.808. The number of benzene rings is 2. The molecule has 1 nitrogen and oxygen atoms in total. The zero-order chi connectivity index (χ0) is 13.4. The largest absolute Gasteiger partial charge is 0.324 e. The van der Waals surface area contributed by atoms with Crippen molar-refractivity contribution in [3.05, 3.63) is 69.7 Å². The van der Waals surface area contributed by atoms with Gasteiger partial charge in [-0.2, -0.15) is 0 Å². The van der Waals surface area contributed by atoms with Crippen LogP contribution < -0.4 is 5.73 Å². The van der Waals surface area contributed by atoms with Gasteiger partial charge in [-0.15, -0.1) is 0 Å². The van der Waals surface area contributed by atoms with E-state index in [-0.39, 0.29) is 6.04 Å². The Labute approximate surface area is 119 Å². The summed E-state index contributed by atoms with van der Waals surface area (Å²) in [5.41, 5.74) is 11.3. The minimum absolute atomic E-state index is 0.174. The maximum atomic E-state index is 6.26. The van der Waals surface area contributed by atoms with Crippen LogP contribution in [0, 0.1) is 6.92 Å². The Morgan fingerprint density at radius 3 is 2.53 bits per heavy atom. The van der Waals surface area contributed by atoms with Crippen LogP contribution in [-0.4, -0.2) is 0 Å². The molecule has 2 atom stereocenters. The molecule has 19 heavy (non-hydrogen) atoms. The highest BCUT2D eigenvalue weighted by molar-refractivity contribution is 6.31. The van der Waals surface area contributed by atoms with E-state index >= 15 is 0 Å². The van der Waals surface area contributed by atoms with Crippen LogP contribution in [0.1, 0.15) is 47.1 Å². The van der Waals surface area contributed by atoms with Crippen LogP contribution in [0.15, 0.2) is 42.5 Å². The Morgan fingerprint density at radius 2 is 1.79 bits per heavy atom. The average molecular weight is 272 g/mol. The Morgan fingerprint density at radius 1 is 1.05 bits per heavy atom. The average Bonchev–Trinajstić information content (AvgIpc) is 2.43. The summed E-state index contributed by atoms with van der Waals surface area (Å²) in [4.78, 5) is 0. The number of rotatable bonds is 1. The summed E-state index contributed by atoms with van der Waals surface area (Å²) in [6.45, 7) is 2.04. The number of fused-ring (bicyclic) bond motifs is 1. The lowest BCUT2D eigenvalue weighted by Crippen LogP contribution is -2.21. The first-order valence-electron chi connectivity index (χ1n) is 6.77. The van der Waals surface area contributed by atoms with Gasteiger partial charge in [0.05, 0.1) is 0 Å². The highest BCUT2D eigenvalue weighted by Crippen LogP contribution is 2.40. The van der Waals surface area contributed by atoms with E-state index in [9.17, 15) is 0 Å². The molecule has 0 spiro atoms. The van der Waals surface area contributed by atoms with Crippen LogP contribution in [0.5, 0.6) is 0 Å². The summed E-state index contributed by atoms with van der Waals surface area (Å²) in [7, 11) is 0. The number of nitrogens with two attached hydrogens (primary N) is 1. The molecule has 2 N–H and O–H groups in total. The van der Waals surface area contributed by atoms with E-state index in [4.69, 9.17) is 17.3 Å². The van der Waals surface area contributed by atoms with Gasteiger partial charge in [0.25, 0.3) is 0 Å². The van der Waals surface area contributed by atoms with Crippen molar-refractivity contribution in [3.63, 3.8) is 0 Å². The minimum Gasteiger partial charge on any atom is -0.324 e. The monoisotopic (exact) mass is 271 g/mol. The molecule has 0 bridgehead atoms. The molecule has 2 aromatic carbocycles. The third-order valence-corrected chi connectivity index (χ3v) is 4.54. The third-order valence-electron chi connectivity index (χ3n) is 4.14. The van der Waals surface area contributed by atoms with Crippen molar-refractivity contribution in [1.82, 2.24) is 0 Å². The Kier molecular flexibility index (Phi) is 3.34. The highest BCUT2D eigenvalue weighted by Gasteiger charge is 2.25. The van der Waals surface area contributed by atoms with E-state index in [0.29, 0.717) is 5.92 Å². The van der Waals surface area contributed by atoms with Crippen LogP contribution in [0.2, 0.25) is 5.02 Å². The summed E-state index contributed by atoms with van der Waals surface area (Å²) >= 11 is 6.26. The first-order chi connectivity index (χ1) is 9.16. The normalized spacial score (nSPS) is 22.1. The van der Waals surface area contributed by atoms with Crippen molar-refractivity contribution < 1.29 is 0 Å². The summed E-state index contributed by atoms with van der Waals surface area (Å²) in [6.07, 6.45) is 2.13. The number of aryl methyl sites for hydroxylation is 1. The molecule has 0 radical (unpaired) electrons. The van der Waals surface area contributed by atoms with Gasteiger partial charge in [-0.3, -0.25) is 0 Å². The zero-order valence-electron chi connectivity index (χ0n) is 11.1. The molecule has 2 unspecified atom stereocenters. The van der Waals surface area contributed by atoms with Crippen molar-refractivity contribution in [3.8, 4) is 0 Å². The molecule has 0 amide bonds. The molecule has 1 aliphatic carbocycles. The van der Waals surface area contributed by atoms with Crippen molar-refractivity contribution in [2.24, 2.45) is 5.73 Å². The Balaban J connectivity index is 2.07. The second-order valence-corrected chi connectivity index (χ2v) is 5.78. The van der Waals surface area contributed by atoms with Gasteiger partial charge in [0, 0.05) is 17.0 Å². The van der Waals surface area contributed by atoms with Crippen LogP contribution in [0.25, 0.3) is 0 Å². The highest BCUT2D eigenvalue weighted by atomic mass is 35.5. The Bertz CT molecular complexity index is 606. The first-order valence-corrected chi connectivity index (χ1v) is 7.15. The van der Waals surface area contributed by atoms with Crippen LogP contribution in [-0.2, 0) is 0 Å². The van der Waals surface area contributed by atoms with Gasteiger partial charge in [-0.05, 0) is 48.1 Å². The lowest BCUT2D eigenvalue weighted by molar-refractivity contribution is 0.530. The molecular weight excluding hydrogens is 254 g/mol. The van der Waals surface area contributed by atoms with E-state index in [1.54, 1.807) is 0 Å². The molecule has 2 heteroatoms. The molecule has 0 fully saturated rings. The summed E-state index contributed by atoms with van der Waals surface area (Å²) in [5.74, 6) is 0.425. The second-order valence-electron chi connectivity index (χ2n) is 5.37. The minimum atomic E-state index is 0.174. The fraction of sp³-hybridized carbons (Fsp3) is 0.294. The maximum Gasteiger partial charge on any atom is 0.0438 e. The smallest absolute Gasteiger partial charge is 0.0438 e. The summed E-state index contributed by atoms with van der Waals surface area (Å²) in [5, 5.41) is 0.852.